The van der Waals surface area contributed by atoms with Crippen LogP contribution < -0.4 is 5.32 Å². The summed E-state index contributed by atoms with van der Waals surface area (Å²) in [5.74, 6) is 0.0330. The number of nitrogens with one attached hydrogen (secondary N) is 1. The second-order valence-corrected chi connectivity index (χ2v) is 4.63. The van der Waals surface area contributed by atoms with E-state index in [2.05, 4.69) is 10.3 Å². The van der Waals surface area contributed by atoms with Crippen molar-refractivity contribution in [1.82, 2.24) is 14.9 Å². The van der Waals surface area contributed by atoms with Gasteiger partial charge in [0.2, 0.25) is 0 Å². The predicted octanol–water partition coefficient (Wildman–Crippen LogP) is 1.72. The fourth-order valence-electron chi connectivity index (χ4n) is 1.96. The van der Waals surface area contributed by atoms with Crippen molar-refractivity contribution in [2.45, 2.75) is 26.4 Å². The standard InChI is InChI=1S/C14H17N3O2/c1-10-7-12(18)3-4-13(10)14(19)16-11(2)8-17-6-5-15-9-17/h3-7,9,11,18H,8H2,1-2H3,(H,16,19). The maximum Gasteiger partial charge on any atom is 0.251 e. The number of aromatic hydroxyl groups is 1. The summed E-state index contributed by atoms with van der Waals surface area (Å²) in [5.41, 5.74) is 1.34. The molecule has 0 aliphatic carbocycles. The Bertz CT molecular complexity index is 564. The Morgan fingerprint density at radius 3 is 2.95 bits per heavy atom. The number of imidazole rings is 1. The molecule has 1 aromatic carbocycles. The molecule has 2 aromatic rings. The molecule has 100 valence electrons. The van der Waals surface area contributed by atoms with Crippen LogP contribution in [0.25, 0.3) is 0 Å². The van der Waals surface area contributed by atoms with Gasteiger partial charge in [0.25, 0.3) is 5.91 Å². The minimum Gasteiger partial charge on any atom is -0.508 e. The van der Waals surface area contributed by atoms with E-state index in [0.29, 0.717) is 12.1 Å². The molecular weight excluding hydrogens is 242 g/mol. The number of phenols is 1. The lowest BCUT2D eigenvalue weighted by atomic mass is 10.1. The first-order valence-electron chi connectivity index (χ1n) is 6.12. The van der Waals surface area contributed by atoms with Crippen molar-refractivity contribution < 1.29 is 9.90 Å². The molecule has 0 bridgehead atoms. The lowest BCUT2D eigenvalue weighted by Gasteiger charge is -2.15. The molecule has 0 spiro atoms. The van der Waals surface area contributed by atoms with Crippen LogP contribution in [-0.4, -0.2) is 26.6 Å². The van der Waals surface area contributed by atoms with E-state index in [1.165, 1.54) is 6.07 Å². The quantitative estimate of drug-likeness (QED) is 0.878. The van der Waals surface area contributed by atoms with Crippen LogP contribution in [0.3, 0.4) is 0 Å². The molecular formula is C14H17N3O2. The van der Waals surface area contributed by atoms with Gasteiger partial charge in [-0.15, -0.1) is 0 Å². The lowest BCUT2D eigenvalue weighted by molar-refractivity contribution is 0.0936. The normalized spacial score (nSPS) is 12.1. The van der Waals surface area contributed by atoms with Gasteiger partial charge in [0, 0.05) is 30.5 Å². The van der Waals surface area contributed by atoms with Gasteiger partial charge >= 0.3 is 0 Å². The number of nitrogens with zero attached hydrogens (tertiary/aromatic N) is 2. The van der Waals surface area contributed by atoms with Crippen molar-refractivity contribution in [2.24, 2.45) is 0 Å². The Labute approximate surface area is 111 Å². The Morgan fingerprint density at radius 2 is 2.32 bits per heavy atom. The number of aryl methyl sites for hydroxylation is 1. The van der Waals surface area contributed by atoms with E-state index < -0.39 is 0 Å². The average molecular weight is 259 g/mol. The molecule has 0 saturated heterocycles. The van der Waals surface area contributed by atoms with Gasteiger partial charge in [0.1, 0.15) is 5.75 Å². The first kappa shape index (κ1) is 13.1. The molecule has 5 nitrogen and oxygen atoms in total. The number of benzene rings is 1. The highest BCUT2D eigenvalue weighted by Crippen LogP contribution is 2.15. The van der Waals surface area contributed by atoms with E-state index in [1.807, 2.05) is 17.7 Å². The van der Waals surface area contributed by atoms with Crippen LogP contribution >= 0.6 is 0 Å². The monoisotopic (exact) mass is 259 g/mol. The van der Waals surface area contributed by atoms with Crippen LogP contribution in [0, 0.1) is 6.92 Å². The minimum absolute atomic E-state index is 0.00472. The average Bonchev–Trinajstić information content (AvgIpc) is 2.81. The summed E-state index contributed by atoms with van der Waals surface area (Å²) in [6, 6.07) is 4.72. The zero-order chi connectivity index (χ0) is 13.8. The summed E-state index contributed by atoms with van der Waals surface area (Å²) in [7, 11) is 0. The second kappa shape index (κ2) is 5.56. The molecule has 0 fully saturated rings. The largest absolute Gasteiger partial charge is 0.508 e. The summed E-state index contributed by atoms with van der Waals surface area (Å²) >= 11 is 0. The Hall–Kier alpha value is -2.30. The van der Waals surface area contributed by atoms with E-state index in [4.69, 9.17) is 0 Å². The van der Waals surface area contributed by atoms with Gasteiger partial charge in [-0.3, -0.25) is 4.79 Å². The molecule has 2 rings (SSSR count). The van der Waals surface area contributed by atoms with Gasteiger partial charge in [-0.25, -0.2) is 4.98 Å². The van der Waals surface area contributed by atoms with Crippen LogP contribution in [-0.2, 0) is 6.54 Å². The topological polar surface area (TPSA) is 67.2 Å². The van der Waals surface area contributed by atoms with E-state index in [-0.39, 0.29) is 17.7 Å². The third kappa shape index (κ3) is 3.34. The van der Waals surface area contributed by atoms with E-state index in [0.717, 1.165) is 5.56 Å². The predicted molar refractivity (Wildman–Crippen MR) is 72.0 cm³/mol. The van der Waals surface area contributed by atoms with Gasteiger partial charge in [-0.1, -0.05) is 0 Å². The van der Waals surface area contributed by atoms with Crippen LogP contribution in [0.2, 0.25) is 0 Å². The number of aromatic nitrogens is 2. The van der Waals surface area contributed by atoms with E-state index >= 15 is 0 Å². The van der Waals surface area contributed by atoms with Gasteiger partial charge in [-0.2, -0.15) is 0 Å². The molecule has 1 amide bonds. The zero-order valence-corrected chi connectivity index (χ0v) is 11.0. The summed E-state index contributed by atoms with van der Waals surface area (Å²) < 4.78 is 1.91. The molecule has 5 heteroatoms. The first-order valence-corrected chi connectivity index (χ1v) is 6.12. The molecule has 1 aromatic heterocycles. The molecule has 1 heterocycles. The van der Waals surface area contributed by atoms with Crippen molar-refractivity contribution in [2.75, 3.05) is 0 Å². The van der Waals surface area contributed by atoms with Crippen molar-refractivity contribution in [3.8, 4) is 5.75 Å². The summed E-state index contributed by atoms with van der Waals surface area (Å²) in [6.07, 6.45) is 5.28. The van der Waals surface area contributed by atoms with Crippen LogP contribution in [0.4, 0.5) is 0 Å². The van der Waals surface area contributed by atoms with Crippen molar-refractivity contribution in [3.05, 3.63) is 48.0 Å². The SMILES string of the molecule is Cc1cc(O)ccc1C(=O)NC(C)Cn1ccnc1. The van der Waals surface area contributed by atoms with Gasteiger partial charge < -0.3 is 15.0 Å². The smallest absolute Gasteiger partial charge is 0.251 e. The third-order valence-corrected chi connectivity index (χ3v) is 2.88. The van der Waals surface area contributed by atoms with Crippen molar-refractivity contribution in [3.63, 3.8) is 0 Å². The van der Waals surface area contributed by atoms with Crippen molar-refractivity contribution >= 4 is 5.91 Å². The van der Waals surface area contributed by atoms with Crippen LogP contribution in [0.1, 0.15) is 22.8 Å². The molecule has 19 heavy (non-hydrogen) atoms. The number of hydrogen-bond donors (Lipinski definition) is 2. The fraction of sp³-hybridized carbons (Fsp3) is 0.286. The third-order valence-electron chi connectivity index (χ3n) is 2.88. The molecule has 0 aliphatic rings. The number of amides is 1. The van der Waals surface area contributed by atoms with Crippen LogP contribution in [0.15, 0.2) is 36.9 Å². The van der Waals surface area contributed by atoms with Gasteiger partial charge in [-0.05, 0) is 37.6 Å². The summed E-state index contributed by atoms with van der Waals surface area (Å²) in [6.45, 7) is 4.41. The highest BCUT2D eigenvalue weighted by Gasteiger charge is 2.12. The molecule has 0 saturated carbocycles. The molecule has 0 radical (unpaired) electrons. The lowest BCUT2D eigenvalue weighted by Crippen LogP contribution is -2.35. The molecule has 1 atom stereocenters. The summed E-state index contributed by atoms with van der Waals surface area (Å²) in [5, 5.41) is 12.3. The van der Waals surface area contributed by atoms with E-state index in [1.54, 1.807) is 31.6 Å². The van der Waals surface area contributed by atoms with E-state index in [9.17, 15) is 9.90 Å². The second-order valence-electron chi connectivity index (χ2n) is 4.63. The number of carbonyl (C=O) groups is 1. The Balaban J connectivity index is 2.00. The molecule has 0 aliphatic heterocycles. The minimum atomic E-state index is -0.134. The number of rotatable bonds is 4. The van der Waals surface area contributed by atoms with Crippen LogP contribution in [0.5, 0.6) is 5.75 Å². The maximum atomic E-state index is 12.1. The molecule has 2 N–H and O–H groups in total. The van der Waals surface area contributed by atoms with Crippen molar-refractivity contribution in [1.29, 1.82) is 0 Å². The number of carbonyl (C=O) groups excluding carboxylic acids is 1. The highest BCUT2D eigenvalue weighted by atomic mass is 16.3. The first-order chi connectivity index (χ1) is 9.06. The fourth-order valence-corrected chi connectivity index (χ4v) is 1.96. The molecule has 1 unspecified atom stereocenters. The Kier molecular flexibility index (Phi) is 3.85. The number of phenolic OH excluding ortho intramolecular Hbond substituents is 1. The maximum absolute atomic E-state index is 12.1. The number of hydrogen-bond acceptors (Lipinski definition) is 3. The summed E-state index contributed by atoms with van der Waals surface area (Å²) in [4.78, 5) is 16.1. The van der Waals surface area contributed by atoms with Gasteiger partial charge in [0.15, 0.2) is 0 Å². The zero-order valence-electron chi connectivity index (χ0n) is 11.0. The Morgan fingerprint density at radius 1 is 1.53 bits per heavy atom. The van der Waals surface area contributed by atoms with Gasteiger partial charge in [0.05, 0.1) is 6.33 Å². The highest BCUT2D eigenvalue weighted by molar-refractivity contribution is 5.95.